The highest BCUT2D eigenvalue weighted by atomic mass is 16.5. The molecule has 6 heteroatoms. The molecule has 0 aromatic heterocycles. The third-order valence-corrected chi connectivity index (χ3v) is 9.85. The molecule has 0 rings (SSSR count). The second kappa shape index (κ2) is 47.1. The molecule has 0 aliphatic rings. The fraction of sp³-hybridized carbons (Fsp3) is 0.564. The number of rotatable bonds is 40. The number of aliphatic hydroxyl groups is 2. The van der Waals surface area contributed by atoms with E-state index in [0.29, 0.717) is 19.3 Å². The monoisotopic (exact) mass is 842 g/mol. The molecule has 0 aromatic rings. The number of carbonyl (C=O) groups excluding carboxylic acids is 2. The lowest BCUT2D eigenvalue weighted by Gasteiger charge is -2.23. The van der Waals surface area contributed by atoms with Gasteiger partial charge in [-0.05, 0) is 70.3 Å². The maximum atomic E-state index is 13.1. The zero-order valence-electron chi connectivity index (χ0n) is 38.7. The predicted molar refractivity (Wildman–Crippen MR) is 263 cm³/mol. The van der Waals surface area contributed by atoms with E-state index >= 15 is 0 Å². The van der Waals surface area contributed by atoms with Crippen LogP contribution in [0.25, 0.3) is 0 Å². The van der Waals surface area contributed by atoms with Crippen LogP contribution in [0.4, 0.5) is 0 Å². The molecule has 0 heterocycles. The first-order valence-corrected chi connectivity index (χ1v) is 24.0. The van der Waals surface area contributed by atoms with Crippen molar-refractivity contribution in [2.24, 2.45) is 0 Å². The lowest BCUT2D eigenvalue weighted by Crippen LogP contribution is -2.46. The average molecular weight is 842 g/mol. The Labute approximate surface area is 373 Å². The smallest absolute Gasteiger partial charge is 0.306 e. The largest absolute Gasteiger partial charge is 0.458 e. The molecule has 0 aromatic carbocycles. The van der Waals surface area contributed by atoms with Gasteiger partial charge in [-0.2, -0.15) is 0 Å². The van der Waals surface area contributed by atoms with Crippen molar-refractivity contribution in [3.05, 3.63) is 134 Å². The molecule has 3 unspecified atom stereocenters. The summed E-state index contributed by atoms with van der Waals surface area (Å²) in [6, 6.07) is -0.766. The number of carbonyl (C=O) groups is 2. The highest BCUT2D eigenvalue weighted by Gasteiger charge is 2.23. The number of ether oxygens (including phenoxy) is 1. The minimum absolute atomic E-state index is 0.0853. The van der Waals surface area contributed by atoms with E-state index in [4.69, 9.17) is 4.74 Å². The van der Waals surface area contributed by atoms with Crippen LogP contribution in [0.15, 0.2) is 134 Å². The fourth-order valence-electron chi connectivity index (χ4n) is 6.28. The fourth-order valence-corrected chi connectivity index (χ4v) is 6.28. The Kier molecular flexibility index (Phi) is 44.0. The molecule has 3 atom stereocenters. The van der Waals surface area contributed by atoms with Gasteiger partial charge in [0.15, 0.2) is 0 Å². The van der Waals surface area contributed by atoms with Crippen LogP contribution < -0.4 is 5.32 Å². The van der Waals surface area contributed by atoms with Gasteiger partial charge in [-0.25, -0.2) is 0 Å². The standard InChI is InChI=1S/C55H87NO5/c1-4-7-10-13-16-19-22-25-26-27-28-30-31-34-37-40-43-46-51(61-55(60)48-45-42-39-36-33-29-23-20-17-14-11-8-5-2)49-54(59)56-52(50-57)53(58)47-44-41-38-35-32-24-21-18-15-12-9-6-3/h7-8,10-11,14,16-17,19-20,23,25-26,28-30,33-34,36-37,39,43,46,51-53,57-58H,4-6,9,12-13,15,18,21-22,24,27,31-32,35,38,40-42,44-45,47-50H2,1-3H3,(H,56,59)/b10-7-,11-8+,17-14+,19-16-,23-20-,26-25-,30-28-,33-29-,37-34-,39-36+,46-43-. The zero-order chi connectivity index (χ0) is 44.5. The maximum absolute atomic E-state index is 13.1. The van der Waals surface area contributed by atoms with Crippen LogP contribution in [0.5, 0.6) is 0 Å². The number of esters is 1. The lowest BCUT2D eigenvalue weighted by atomic mass is 10.0. The Hall–Kier alpha value is -4.00. The van der Waals surface area contributed by atoms with Crippen molar-refractivity contribution in [3.8, 4) is 0 Å². The Morgan fingerprint density at radius 2 is 0.967 bits per heavy atom. The number of hydrogen-bond acceptors (Lipinski definition) is 5. The van der Waals surface area contributed by atoms with Crippen LogP contribution in [-0.4, -0.2) is 46.9 Å². The summed E-state index contributed by atoms with van der Waals surface area (Å²) in [5.74, 6) is -0.736. The third kappa shape index (κ3) is 42.5. The zero-order valence-corrected chi connectivity index (χ0v) is 38.7. The van der Waals surface area contributed by atoms with Gasteiger partial charge in [0.25, 0.3) is 0 Å². The van der Waals surface area contributed by atoms with Crippen LogP contribution in [0, 0.1) is 0 Å². The highest BCUT2D eigenvalue weighted by Crippen LogP contribution is 2.15. The quantitative estimate of drug-likeness (QED) is 0.0247. The summed E-state index contributed by atoms with van der Waals surface area (Å²) in [5.41, 5.74) is 0. The molecule has 0 saturated heterocycles. The van der Waals surface area contributed by atoms with Crippen molar-refractivity contribution in [2.45, 2.75) is 193 Å². The second-order valence-electron chi connectivity index (χ2n) is 15.5. The van der Waals surface area contributed by atoms with Crippen molar-refractivity contribution < 1.29 is 24.5 Å². The number of aliphatic hydroxyl groups excluding tert-OH is 2. The van der Waals surface area contributed by atoms with Gasteiger partial charge in [0.1, 0.15) is 6.10 Å². The molecule has 0 fully saturated rings. The molecule has 0 aliphatic heterocycles. The molecular weight excluding hydrogens is 755 g/mol. The average Bonchev–Trinajstić information content (AvgIpc) is 3.25. The van der Waals surface area contributed by atoms with E-state index in [1.54, 1.807) is 6.08 Å². The van der Waals surface area contributed by atoms with Gasteiger partial charge in [0, 0.05) is 6.42 Å². The third-order valence-electron chi connectivity index (χ3n) is 9.85. The van der Waals surface area contributed by atoms with E-state index in [-0.39, 0.29) is 31.3 Å². The molecule has 0 aliphatic carbocycles. The van der Waals surface area contributed by atoms with E-state index in [1.165, 1.54) is 57.8 Å². The van der Waals surface area contributed by atoms with Gasteiger partial charge in [-0.1, -0.05) is 225 Å². The molecule has 0 saturated carbocycles. The van der Waals surface area contributed by atoms with E-state index < -0.39 is 18.2 Å². The first kappa shape index (κ1) is 57.0. The van der Waals surface area contributed by atoms with Gasteiger partial charge >= 0.3 is 5.97 Å². The Balaban J connectivity index is 4.94. The predicted octanol–water partition coefficient (Wildman–Crippen LogP) is 14.3. The highest BCUT2D eigenvalue weighted by molar-refractivity contribution is 5.78. The van der Waals surface area contributed by atoms with Crippen LogP contribution in [0.2, 0.25) is 0 Å². The molecular formula is C55H87NO5. The van der Waals surface area contributed by atoms with Crippen LogP contribution in [-0.2, 0) is 14.3 Å². The Morgan fingerprint density at radius 1 is 0.525 bits per heavy atom. The molecule has 61 heavy (non-hydrogen) atoms. The van der Waals surface area contributed by atoms with Gasteiger partial charge < -0.3 is 20.3 Å². The number of allylic oxidation sites excluding steroid dienone is 21. The summed E-state index contributed by atoms with van der Waals surface area (Å²) in [6.07, 6.45) is 66.8. The molecule has 342 valence electrons. The minimum atomic E-state index is -0.840. The topological polar surface area (TPSA) is 95.9 Å². The molecule has 6 nitrogen and oxygen atoms in total. The molecule has 1 amide bonds. The minimum Gasteiger partial charge on any atom is -0.458 e. The van der Waals surface area contributed by atoms with Crippen molar-refractivity contribution in [1.82, 2.24) is 5.32 Å². The first-order valence-electron chi connectivity index (χ1n) is 24.0. The maximum Gasteiger partial charge on any atom is 0.306 e. The van der Waals surface area contributed by atoms with E-state index in [2.05, 4.69) is 92.9 Å². The summed E-state index contributed by atoms with van der Waals surface area (Å²) < 4.78 is 5.76. The van der Waals surface area contributed by atoms with Gasteiger partial charge in [-0.15, -0.1) is 0 Å². The van der Waals surface area contributed by atoms with Crippen LogP contribution in [0.1, 0.15) is 175 Å². The summed E-state index contributed by atoms with van der Waals surface area (Å²) in [5, 5.41) is 23.6. The SMILES string of the molecule is CC/C=C\C/C=C\C/C=C\C/C=C\C/C=C\C/C=C\C(CC(=O)NC(CO)C(O)CCCCCCCCCCCCCC)OC(=O)CCC/C=C/C=C\C=C/C=C/C=C/CC. The molecule has 3 N–H and O–H groups in total. The first-order chi connectivity index (χ1) is 30.0. The Bertz CT molecular complexity index is 1360. The summed E-state index contributed by atoms with van der Waals surface area (Å²) in [6.45, 7) is 6.14. The van der Waals surface area contributed by atoms with E-state index in [1.807, 2.05) is 60.8 Å². The summed E-state index contributed by atoms with van der Waals surface area (Å²) >= 11 is 0. The lowest BCUT2D eigenvalue weighted by molar-refractivity contribution is -0.148. The molecule has 0 spiro atoms. The van der Waals surface area contributed by atoms with E-state index in [0.717, 1.165) is 64.2 Å². The van der Waals surface area contributed by atoms with Crippen LogP contribution in [0.3, 0.4) is 0 Å². The molecule has 0 radical (unpaired) electrons. The normalized spacial score (nSPS) is 14.5. The van der Waals surface area contributed by atoms with Crippen molar-refractivity contribution in [3.63, 3.8) is 0 Å². The Morgan fingerprint density at radius 3 is 1.46 bits per heavy atom. The number of unbranched alkanes of at least 4 members (excludes halogenated alkanes) is 12. The second-order valence-corrected chi connectivity index (χ2v) is 15.5. The van der Waals surface area contributed by atoms with Crippen molar-refractivity contribution >= 4 is 11.9 Å². The molecule has 0 bridgehead atoms. The number of amides is 1. The summed E-state index contributed by atoms with van der Waals surface area (Å²) in [4.78, 5) is 26.0. The van der Waals surface area contributed by atoms with E-state index in [9.17, 15) is 19.8 Å². The van der Waals surface area contributed by atoms with Gasteiger partial charge in [0.05, 0.1) is 25.2 Å². The van der Waals surface area contributed by atoms with Crippen molar-refractivity contribution in [1.29, 1.82) is 0 Å². The number of hydrogen-bond donors (Lipinski definition) is 3. The number of nitrogens with one attached hydrogen (secondary N) is 1. The van der Waals surface area contributed by atoms with Gasteiger partial charge in [-0.3, -0.25) is 9.59 Å². The summed E-state index contributed by atoms with van der Waals surface area (Å²) in [7, 11) is 0. The van der Waals surface area contributed by atoms with Crippen LogP contribution >= 0.6 is 0 Å². The van der Waals surface area contributed by atoms with Crippen molar-refractivity contribution in [2.75, 3.05) is 6.61 Å². The van der Waals surface area contributed by atoms with Gasteiger partial charge in [0.2, 0.25) is 5.91 Å².